The van der Waals surface area contributed by atoms with E-state index in [2.05, 4.69) is 50.3 Å². The van der Waals surface area contributed by atoms with Crippen LogP contribution >= 0.6 is 7.82 Å². The minimum Gasteiger partial charge on any atom is -0.462 e. The molecule has 0 aliphatic rings. The fraction of sp³-hybridized carbons (Fsp3) is 0.805. The van der Waals surface area contributed by atoms with Gasteiger partial charge in [0.1, 0.15) is 19.8 Å². The molecule has 0 amide bonds. The topological polar surface area (TPSA) is 108 Å². The predicted molar refractivity (Wildman–Crippen MR) is 210 cm³/mol. The Morgan fingerprint density at radius 1 is 0.608 bits per heavy atom. The van der Waals surface area contributed by atoms with Gasteiger partial charge in [0.25, 0.3) is 0 Å². The van der Waals surface area contributed by atoms with Crippen molar-refractivity contribution in [2.75, 3.05) is 47.5 Å². The fourth-order valence-corrected chi connectivity index (χ4v) is 5.88. The van der Waals surface area contributed by atoms with E-state index < -0.39 is 26.5 Å². The average Bonchev–Trinajstić information content (AvgIpc) is 3.07. The number of hydrogen-bond acceptors (Lipinski definition) is 7. The Morgan fingerprint density at radius 2 is 1.08 bits per heavy atom. The molecule has 51 heavy (non-hydrogen) atoms. The number of unbranched alkanes of at least 4 members (excludes halogenated alkanes) is 16. The molecule has 0 heterocycles. The maximum atomic E-state index is 12.6. The summed E-state index contributed by atoms with van der Waals surface area (Å²) in [6.07, 6.45) is 36.2. The summed E-state index contributed by atoms with van der Waals surface area (Å²) < 4.78 is 34.2. The molecule has 0 rings (SSSR count). The molecule has 0 aliphatic carbocycles. The molecule has 0 aromatic rings. The van der Waals surface area contributed by atoms with Crippen LogP contribution in [0.15, 0.2) is 36.5 Å². The second-order valence-corrected chi connectivity index (χ2v) is 16.1. The number of phosphoric acid groups is 1. The molecule has 10 heteroatoms. The zero-order valence-corrected chi connectivity index (χ0v) is 34.2. The molecule has 0 radical (unpaired) electrons. The fourth-order valence-electron chi connectivity index (χ4n) is 5.14. The van der Waals surface area contributed by atoms with E-state index in [1.54, 1.807) is 0 Å². The Bertz CT molecular complexity index is 975. The quantitative estimate of drug-likeness (QED) is 0.0222. The first kappa shape index (κ1) is 49.2. The molecule has 0 saturated carbocycles. The lowest BCUT2D eigenvalue weighted by Gasteiger charge is -2.24. The molecule has 0 fully saturated rings. The number of allylic oxidation sites excluding steroid dienone is 6. The Kier molecular flexibility index (Phi) is 32.8. The van der Waals surface area contributed by atoms with Gasteiger partial charge in [-0.25, -0.2) is 4.57 Å². The Morgan fingerprint density at radius 3 is 1.65 bits per heavy atom. The number of ether oxygens (including phenoxy) is 2. The minimum absolute atomic E-state index is 0.0262. The van der Waals surface area contributed by atoms with Crippen LogP contribution in [-0.4, -0.2) is 74.9 Å². The van der Waals surface area contributed by atoms with Gasteiger partial charge in [0, 0.05) is 12.8 Å². The number of likely N-dealkylation sites (N-methyl/N-ethyl adjacent to an activating group) is 1. The number of esters is 2. The SMILES string of the molecule is CCCC/C=C/C/C=C/CCCCCCCC(=O)O[C@H](COC(=O)CCCCC/C=C/CCCCCCCC)COP(=O)(O)OCC[N+](C)(C)C. The number of nitrogens with zero attached hydrogens (tertiary/aromatic N) is 1. The van der Waals surface area contributed by atoms with Crippen molar-refractivity contribution in [2.24, 2.45) is 0 Å². The van der Waals surface area contributed by atoms with Crippen molar-refractivity contribution in [2.45, 2.75) is 168 Å². The lowest BCUT2D eigenvalue weighted by Crippen LogP contribution is -2.37. The van der Waals surface area contributed by atoms with Crippen LogP contribution in [0.5, 0.6) is 0 Å². The summed E-state index contributed by atoms with van der Waals surface area (Å²) in [7, 11) is 1.45. The molecule has 1 N–H and O–H groups in total. The normalized spacial score (nSPS) is 14.1. The maximum absolute atomic E-state index is 12.6. The predicted octanol–water partition coefficient (Wildman–Crippen LogP) is 11.0. The third kappa shape index (κ3) is 37.8. The molecule has 0 aromatic carbocycles. The maximum Gasteiger partial charge on any atom is 0.472 e. The standard InChI is InChI=1S/C41H76NO8P/c1-6-8-10-12-14-16-18-20-22-24-26-28-30-32-34-41(44)50-39(38-49-51(45,46)48-36-35-42(3,4)5)37-47-40(43)33-31-29-27-25-23-21-19-17-15-13-11-9-7-2/h12,14,18,20-21,23,39H,6-11,13,15-17,19,22,24-38H2,1-5H3/p+1/b14-12+,20-18+,23-21+/t39-/m1/s1. The second kappa shape index (κ2) is 34.0. The largest absolute Gasteiger partial charge is 0.472 e. The first-order chi connectivity index (χ1) is 24.5. The van der Waals surface area contributed by atoms with Gasteiger partial charge in [0.05, 0.1) is 27.7 Å². The van der Waals surface area contributed by atoms with Gasteiger partial charge in [-0.2, -0.15) is 0 Å². The van der Waals surface area contributed by atoms with Crippen LogP contribution in [0.1, 0.15) is 162 Å². The van der Waals surface area contributed by atoms with Gasteiger partial charge < -0.3 is 18.9 Å². The van der Waals surface area contributed by atoms with Gasteiger partial charge in [-0.15, -0.1) is 0 Å². The van der Waals surface area contributed by atoms with E-state index in [4.69, 9.17) is 18.5 Å². The number of hydrogen-bond donors (Lipinski definition) is 1. The highest BCUT2D eigenvalue weighted by Crippen LogP contribution is 2.43. The lowest BCUT2D eigenvalue weighted by molar-refractivity contribution is -0.870. The molecule has 0 aromatic heterocycles. The molecule has 0 aliphatic heterocycles. The lowest BCUT2D eigenvalue weighted by atomic mass is 10.1. The summed E-state index contributed by atoms with van der Waals surface area (Å²) in [6, 6.07) is 0. The van der Waals surface area contributed by atoms with Crippen LogP contribution in [-0.2, 0) is 32.7 Å². The zero-order valence-electron chi connectivity index (χ0n) is 33.3. The van der Waals surface area contributed by atoms with Crippen molar-refractivity contribution >= 4 is 19.8 Å². The van der Waals surface area contributed by atoms with Crippen LogP contribution in [0, 0.1) is 0 Å². The van der Waals surface area contributed by atoms with Crippen LogP contribution in [0.25, 0.3) is 0 Å². The summed E-state index contributed by atoms with van der Waals surface area (Å²) in [4.78, 5) is 35.2. The average molecular weight is 743 g/mol. The number of phosphoric ester groups is 1. The van der Waals surface area contributed by atoms with Crippen LogP contribution in [0.4, 0.5) is 0 Å². The van der Waals surface area contributed by atoms with Gasteiger partial charge in [0.15, 0.2) is 6.10 Å². The molecule has 2 atom stereocenters. The highest BCUT2D eigenvalue weighted by atomic mass is 31.2. The third-order valence-corrected chi connectivity index (χ3v) is 9.38. The third-order valence-electron chi connectivity index (χ3n) is 8.39. The minimum atomic E-state index is -4.38. The first-order valence-corrected chi connectivity index (χ1v) is 21.7. The van der Waals surface area contributed by atoms with E-state index in [-0.39, 0.29) is 32.0 Å². The smallest absolute Gasteiger partial charge is 0.462 e. The van der Waals surface area contributed by atoms with E-state index in [1.807, 2.05) is 21.1 Å². The van der Waals surface area contributed by atoms with Crippen LogP contribution < -0.4 is 0 Å². The van der Waals surface area contributed by atoms with E-state index in [0.29, 0.717) is 23.9 Å². The van der Waals surface area contributed by atoms with Crippen molar-refractivity contribution in [3.8, 4) is 0 Å². The van der Waals surface area contributed by atoms with Crippen molar-refractivity contribution in [1.29, 1.82) is 0 Å². The molecule has 0 spiro atoms. The van der Waals surface area contributed by atoms with Gasteiger partial charge in [-0.3, -0.25) is 18.6 Å². The number of rotatable bonds is 36. The number of quaternary nitrogens is 1. The monoisotopic (exact) mass is 743 g/mol. The molecule has 0 saturated heterocycles. The molecular formula is C41H77NO8P+. The van der Waals surface area contributed by atoms with Gasteiger partial charge in [0.2, 0.25) is 0 Å². The first-order valence-electron chi connectivity index (χ1n) is 20.2. The Balaban J connectivity index is 4.47. The van der Waals surface area contributed by atoms with E-state index >= 15 is 0 Å². The second-order valence-electron chi connectivity index (χ2n) is 14.7. The van der Waals surface area contributed by atoms with Gasteiger partial charge >= 0.3 is 19.8 Å². The van der Waals surface area contributed by atoms with Gasteiger partial charge in [-0.1, -0.05) is 121 Å². The number of carbonyl (C=O) groups is 2. The van der Waals surface area contributed by atoms with Crippen LogP contribution in [0.3, 0.4) is 0 Å². The highest BCUT2D eigenvalue weighted by molar-refractivity contribution is 7.47. The molecule has 298 valence electrons. The molecule has 0 bridgehead atoms. The van der Waals surface area contributed by atoms with Crippen molar-refractivity contribution in [3.63, 3.8) is 0 Å². The Labute approximate surface area is 312 Å². The van der Waals surface area contributed by atoms with Crippen molar-refractivity contribution in [3.05, 3.63) is 36.5 Å². The highest BCUT2D eigenvalue weighted by Gasteiger charge is 2.27. The van der Waals surface area contributed by atoms with E-state index in [0.717, 1.165) is 70.6 Å². The number of carbonyl (C=O) groups excluding carboxylic acids is 2. The van der Waals surface area contributed by atoms with Gasteiger partial charge in [-0.05, 0) is 64.2 Å². The van der Waals surface area contributed by atoms with Crippen molar-refractivity contribution in [1.82, 2.24) is 0 Å². The summed E-state index contributed by atoms with van der Waals surface area (Å²) in [5.41, 5.74) is 0. The summed E-state index contributed by atoms with van der Waals surface area (Å²) in [5.74, 6) is -0.836. The summed E-state index contributed by atoms with van der Waals surface area (Å²) >= 11 is 0. The Hall–Kier alpha value is -1.77. The van der Waals surface area contributed by atoms with E-state index in [9.17, 15) is 19.0 Å². The molecular weight excluding hydrogens is 665 g/mol. The van der Waals surface area contributed by atoms with Crippen LogP contribution in [0.2, 0.25) is 0 Å². The van der Waals surface area contributed by atoms with E-state index in [1.165, 1.54) is 51.4 Å². The summed E-state index contributed by atoms with van der Waals surface area (Å²) in [5, 5.41) is 0. The summed E-state index contributed by atoms with van der Waals surface area (Å²) in [6.45, 7) is 4.32. The zero-order chi connectivity index (χ0) is 37.9. The molecule has 9 nitrogen and oxygen atoms in total. The molecule has 1 unspecified atom stereocenters. The van der Waals surface area contributed by atoms with Crippen molar-refractivity contribution < 1.29 is 42.1 Å².